The van der Waals surface area contributed by atoms with Gasteiger partial charge in [-0.2, -0.15) is 0 Å². The van der Waals surface area contributed by atoms with E-state index in [4.69, 9.17) is 0 Å². The molecule has 0 radical (unpaired) electrons. The van der Waals surface area contributed by atoms with Crippen molar-refractivity contribution in [3.05, 3.63) is 0 Å². The number of nitrogens with zero attached hydrogens (tertiary/aromatic N) is 1. The summed E-state index contributed by atoms with van der Waals surface area (Å²) in [6.45, 7) is 7.55. The first-order valence-electron chi connectivity index (χ1n) is 5.51. The van der Waals surface area contributed by atoms with E-state index in [0.717, 1.165) is 17.9 Å². The van der Waals surface area contributed by atoms with Crippen LogP contribution in [-0.2, 0) is 0 Å². The van der Waals surface area contributed by atoms with Gasteiger partial charge in [0.05, 0.1) is 0 Å². The second-order valence-corrected chi connectivity index (χ2v) is 4.86. The molecule has 1 saturated heterocycles. The van der Waals surface area contributed by atoms with Gasteiger partial charge in [0.2, 0.25) is 0 Å². The van der Waals surface area contributed by atoms with Gasteiger partial charge in [0.15, 0.2) is 0 Å². The molecule has 0 aromatic rings. The lowest BCUT2D eigenvalue weighted by molar-refractivity contribution is 0.0395. The molecular weight excluding hydrogens is 146 g/mol. The summed E-state index contributed by atoms with van der Waals surface area (Å²) in [5.74, 6) is 1.93. The van der Waals surface area contributed by atoms with Crippen LogP contribution in [0.3, 0.4) is 0 Å². The van der Waals surface area contributed by atoms with E-state index in [0.29, 0.717) is 0 Å². The van der Waals surface area contributed by atoms with Crippen molar-refractivity contribution in [3.8, 4) is 0 Å². The van der Waals surface area contributed by atoms with Crippen LogP contribution in [0, 0.1) is 11.8 Å². The highest BCUT2D eigenvalue weighted by molar-refractivity contribution is 4.88. The van der Waals surface area contributed by atoms with Crippen LogP contribution in [0.1, 0.15) is 39.5 Å². The molecule has 0 bridgehead atoms. The van der Waals surface area contributed by atoms with E-state index in [1.807, 2.05) is 0 Å². The fourth-order valence-corrected chi connectivity index (χ4v) is 2.72. The van der Waals surface area contributed by atoms with Crippen molar-refractivity contribution in [2.24, 2.45) is 11.8 Å². The molecule has 1 aliphatic carbocycles. The minimum Gasteiger partial charge on any atom is -0.300 e. The molecule has 0 N–H and O–H groups in total. The zero-order valence-electron chi connectivity index (χ0n) is 8.42. The highest BCUT2D eigenvalue weighted by Crippen LogP contribution is 2.33. The van der Waals surface area contributed by atoms with E-state index in [1.165, 1.54) is 38.8 Å². The summed E-state index contributed by atoms with van der Waals surface area (Å²) >= 11 is 0. The smallest absolute Gasteiger partial charge is 0.0121 e. The third-order valence-electron chi connectivity index (χ3n) is 3.73. The number of likely N-dealkylation sites (tertiary alicyclic amines) is 1. The number of piperidine rings is 1. The Balaban J connectivity index is 1.86. The summed E-state index contributed by atoms with van der Waals surface area (Å²) in [7, 11) is 0. The molecule has 0 spiro atoms. The molecule has 3 unspecified atom stereocenters. The second-order valence-electron chi connectivity index (χ2n) is 4.86. The van der Waals surface area contributed by atoms with Crippen LogP contribution in [0.2, 0.25) is 0 Å². The van der Waals surface area contributed by atoms with Gasteiger partial charge in [0.1, 0.15) is 0 Å². The standard InChI is InChI=1S/C11H21N/c1-9-4-3-7-12(8-9)11-6-5-10(11)2/h9-11H,3-8H2,1-2H3. The summed E-state index contributed by atoms with van der Waals surface area (Å²) in [6, 6.07) is 0.952. The predicted octanol–water partition coefficient (Wildman–Crippen LogP) is 2.52. The predicted molar refractivity (Wildman–Crippen MR) is 52.2 cm³/mol. The van der Waals surface area contributed by atoms with Gasteiger partial charge in [-0.05, 0) is 44.1 Å². The molecule has 1 heterocycles. The van der Waals surface area contributed by atoms with E-state index < -0.39 is 0 Å². The molecule has 1 heteroatoms. The molecule has 0 amide bonds. The maximum absolute atomic E-state index is 2.74. The topological polar surface area (TPSA) is 3.24 Å². The van der Waals surface area contributed by atoms with Gasteiger partial charge in [-0.25, -0.2) is 0 Å². The molecule has 70 valence electrons. The Hall–Kier alpha value is -0.0400. The Morgan fingerprint density at radius 2 is 1.92 bits per heavy atom. The van der Waals surface area contributed by atoms with Crippen molar-refractivity contribution in [2.45, 2.75) is 45.6 Å². The second kappa shape index (κ2) is 3.37. The first-order valence-corrected chi connectivity index (χ1v) is 5.51. The minimum atomic E-state index is 0.951. The van der Waals surface area contributed by atoms with E-state index >= 15 is 0 Å². The first-order chi connectivity index (χ1) is 5.77. The average molecular weight is 167 g/mol. The van der Waals surface area contributed by atoms with Crippen LogP contribution in [0.5, 0.6) is 0 Å². The Labute approximate surface area is 76.1 Å². The molecule has 1 aliphatic heterocycles. The zero-order valence-corrected chi connectivity index (χ0v) is 8.42. The Morgan fingerprint density at radius 1 is 1.08 bits per heavy atom. The van der Waals surface area contributed by atoms with Crippen LogP contribution >= 0.6 is 0 Å². The maximum Gasteiger partial charge on any atom is 0.0121 e. The molecule has 12 heavy (non-hydrogen) atoms. The van der Waals surface area contributed by atoms with Gasteiger partial charge in [-0.15, -0.1) is 0 Å². The van der Waals surface area contributed by atoms with E-state index in [2.05, 4.69) is 18.7 Å². The van der Waals surface area contributed by atoms with Gasteiger partial charge >= 0.3 is 0 Å². The lowest BCUT2D eigenvalue weighted by Gasteiger charge is -2.46. The molecule has 2 aliphatic rings. The molecule has 1 nitrogen and oxygen atoms in total. The fraction of sp³-hybridized carbons (Fsp3) is 1.00. The van der Waals surface area contributed by atoms with Crippen molar-refractivity contribution < 1.29 is 0 Å². The molecular formula is C11H21N. The summed E-state index contributed by atoms with van der Waals surface area (Å²) in [6.07, 6.45) is 5.82. The van der Waals surface area contributed by atoms with Crippen LogP contribution in [0.15, 0.2) is 0 Å². The van der Waals surface area contributed by atoms with Crippen LogP contribution < -0.4 is 0 Å². The third-order valence-corrected chi connectivity index (χ3v) is 3.73. The van der Waals surface area contributed by atoms with Crippen LogP contribution in [0.25, 0.3) is 0 Å². The number of hydrogen-bond acceptors (Lipinski definition) is 1. The number of hydrogen-bond donors (Lipinski definition) is 0. The normalized spacial score (nSPS) is 44.0. The molecule has 0 aromatic heterocycles. The minimum absolute atomic E-state index is 0.951. The summed E-state index contributed by atoms with van der Waals surface area (Å²) in [5, 5.41) is 0. The van der Waals surface area contributed by atoms with Crippen LogP contribution in [-0.4, -0.2) is 24.0 Å². The lowest BCUT2D eigenvalue weighted by Crippen LogP contribution is -2.49. The lowest BCUT2D eigenvalue weighted by atomic mass is 9.79. The summed E-state index contributed by atoms with van der Waals surface area (Å²) < 4.78 is 0. The SMILES string of the molecule is CC1CCCN(C2CCC2C)C1. The molecule has 3 atom stereocenters. The Bertz CT molecular complexity index is 155. The van der Waals surface area contributed by atoms with E-state index in [1.54, 1.807) is 0 Å². The molecule has 2 fully saturated rings. The van der Waals surface area contributed by atoms with Gasteiger partial charge in [0, 0.05) is 12.6 Å². The van der Waals surface area contributed by atoms with Crippen molar-refractivity contribution in [1.82, 2.24) is 4.90 Å². The van der Waals surface area contributed by atoms with Gasteiger partial charge < -0.3 is 0 Å². The van der Waals surface area contributed by atoms with Gasteiger partial charge in [-0.1, -0.05) is 13.8 Å². The third kappa shape index (κ3) is 1.52. The molecule has 1 saturated carbocycles. The average Bonchev–Trinajstić information content (AvgIpc) is 2.02. The van der Waals surface area contributed by atoms with Crippen molar-refractivity contribution >= 4 is 0 Å². The Kier molecular flexibility index (Phi) is 2.40. The molecule has 2 rings (SSSR count). The Morgan fingerprint density at radius 3 is 2.42 bits per heavy atom. The number of rotatable bonds is 1. The molecule has 0 aromatic carbocycles. The zero-order chi connectivity index (χ0) is 8.55. The summed E-state index contributed by atoms with van der Waals surface area (Å²) in [4.78, 5) is 2.74. The van der Waals surface area contributed by atoms with Gasteiger partial charge in [-0.3, -0.25) is 4.90 Å². The highest BCUT2D eigenvalue weighted by Gasteiger charge is 2.33. The van der Waals surface area contributed by atoms with E-state index in [9.17, 15) is 0 Å². The quantitative estimate of drug-likeness (QED) is 0.580. The largest absolute Gasteiger partial charge is 0.300 e. The van der Waals surface area contributed by atoms with E-state index in [-0.39, 0.29) is 0 Å². The monoisotopic (exact) mass is 167 g/mol. The fourth-order valence-electron chi connectivity index (χ4n) is 2.72. The maximum atomic E-state index is 2.74. The summed E-state index contributed by atoms with van der Waals surface area (Å²) in [5.41, 5.74) is 0. The van der Waals surface area contributed by atoms with Crippen molar-refractivity contribution in [3.63, 3.8) is 0 Å². The van der Waals surface area contributed by atoms with Gasteiger partial charge in [0.25, 0.3) is 0 Å². The van der Waals surface area contributed by atoms with Crippen LogP contribution in [0.4, 0.5) is 0 Å². The first kappa shape index (κ1) is 8.55. The van der Waals surface area contributed by atoms with Crippen molar-refractivity contribution in [2.75, 3.05) is 13.1 Å². The van der Waals surface area contributed by atoms with Crippen molar-refractivity contribution in [1.29, 1.82) is 0 Å². The highest BCUT2D eigenvalue weighted by atomic mass is 15.2.